The van der Waals surface area contributed by atoms with Gasteiger partial charge in [0.2, 0.25) is 0 Å². The Morgan fingerprint density at radius 2 is 1.95 bits per heavy atom. The van der Waals surface area contributed by atoms with Gasteiger partial charge in [0.25, 0.3) is 0 Å². The van der Waals surface area contributed by atoms with Crippen molar-refractivity contribution in [3.05, 3.63) is 48.6 Å². The van der Waals surface area contributed by atoms with Crippen molar-refractivity contribution in [3.63, 3.8) is 0 Å². The van der Waals surface area contributed by atoms with E-state index in [1.807, 2.05) is 6.08 Å². The van der Waals surface area contributed by atoms with Gasteiger partial charge in [-0.2, -0.15) is 0 Å². The average Bonchev–Trinajstić information content (AvgIpc) is 2.42. The Labute approximate surface area is 123 Å². The zero-order valence-electron chi connectivity index (χ0n) is 12.9. The van der Waals surface area contributed by atoms with E-state index in [1.165, 1.54) is 5.56 Å². The molecule has 0 atom stereocenters. The molecule has 0 aliphatic carbocycles. The quantitative estimate of drug-likeness (QED) is 0.455. The van der Waals surface area contributed by atoms with Crippen molar-refractivity contribution in [2.75, 3.05) is 19.6 Å². The molecule has 0 heterocycles. The molecule has 1 rings (SSSR count). The molecule has 0 unspecified atom stereocenters. The van der Waals surface area contributed by atoms with Gasteiger partial charge in [-0.3, -0.25) is 4.99 Å². The molecule has 0 saturated carbocycles. The van der Waals surface area contributed by atoms with Crippen LogP contribution >= 0.6 is 0 Å². The van der Waals surface area contributed by atoms with E-state index in [2.05, 4.69) is 73.3 Å². The van der Waals surface area contributed by atoms with Crippen LogP contribution in [0.1, 0.15) is 26.3 Å². The van der Waals surface area contributed by atoms with Gasteiger partial charge in [-0.05, 0) is 24.3 Å². The molecule has 1 aromatic carbocycles. The smallest absolute Gasteiger partial charge is 0.191 e. The maximum atomic E-state index is 4.67. The Morgan fingerprint density at radius 1 is 1.25 bits per heavy atom. The first-order chi connectivity index (χ1) is 9.57. The second kappa shape index (κ2) is 8.41. The highest BCUT2D eigenvalue weighted by molar-refractivity contribution is 5.79. The van der Waals surface area contributed by atoms with E-state index in [1.54, 1.807) is 0 Å². The molecule has 2 N–H and O–H groups in total. The maximum Gasteiger partial charge on any atom is 0.191 e. The predicted octanol–water partition coefficient (Wildman–Crippen LogP) is 3.00. The van der Waals surface area contributed by atoms with Crippen molar-refractivity contribution >= 4 is 5.96 Å². The number of guanidine groups is 1. The number of benzene rings is 1. The van der Waals surface area contributed by atoms with Gasteiger partial charge in [-0.1, -0.05) is 50.3 Å². The van der Waals surface area contributed by atoms with E-state index in [4.69, 9.17) is 0 Å². The van der Waals surface area contributed by atoms with Crippen LogP contribution in [0.2, 0.25) is 0 Å². The lowest BCUT2D eigenvalue weighted by molar-refractivity contribution is 0.377. The van der Waals surface area contributed by atoms with Crippen molar-refractivity contribution in [1.82, 2.24) is 10.6 Å². The minimum Gasteiger partial charge on any atom is -0.357 e. The number of hydrogen-bond donors (Lipinski definition) is 2. The van der Waals surface area contributed by atoms with Crippen molar-refractivity contribution < 1.29 is 0 Å². The Kier molecular flexibility index (Phi) is 6.85. The first-order valence-electron chi connectivity index (χ1n) is 7.24. The van der Waals surface area contributed by atoms with Gasteiger partial charge in [0.05, 0.1) is 0 Å². The Hall–Kier alpha value is -1.77. The van der Waals surface area contributed by atoms with E-state index < -0.39 is 0 Å². The van der Waals surface area contributed by atoms with Crippen LogP contribution in [0, 0.1) is 5.41 Å². The maximum absolute atomic E-state index is 4.67. The van der Waals surface area contributed by atoms with Gasteiger partial charge in [-0.15, -0.1) is 6.58 Å². The Bertz CT molecular complexity index is 421. The lowest BCUT2D eigenvalue weighted by Gasteiger charge is -2.23. The summed E-state index contributed by atoms with van der Waals surface area (Å²) in [5.41, 5.74) is 1.49. The molecule has 0 aromatic heterocycles. The van der Waals surface area contributed by atoms with Crippen LogP contribution in [0.5, 0.6) is 0 Å². The molecule has 0 amide bonds. The summed E-state index contributed by atoms with van der Waals surface area (Å²) in [6.45, 7) is 12.7. The van der Waals surface area contributed by atoms with Crippen molar-refractivity contribution in [1.29, 1.82) is 0 Å². The van der Waals surface area contributed by atoms with Gasteiger partial charge >= 0.3 is 0 Å². The van der Waals surface area contributed by atoms with E-state index in [9.17, 15) is 0 Å². The first-order valence-corrected chi connectivity index (χ1v) is 7.24. The lowest BCUT2D eigenvalue weighted by atomic mass is 9.86. The minimum absolute atomic E-state index is 0.137. The van der Waals surface area contributed by atoms with Crippen LogP contribution < -0.4 is 10.6 Å². The SMILES string of the molecule is C=CCNC(=NCC(C)(C)Cc1ccccc1)NCC. The molecule has 3 nitrogen and oxygen atoms in total. The van der Waals surface area contributed by atoms with E-state index in [0.717, 1.165) is 32.0 Å². The lowest BCUT2D eigenvalue weighted by Crippen LogP contribution is -2.38. The second-order valence-electron chi connectivity index (χ2n) is 5.69. The molecule has 1 aromatic rings. The molecule has 0 bridgehead atoms. The molecule has 110 valence electrons. The third-order valence-electron chi connectivity index (χ3n) is 2.95. The summed E-state index contributed by atoms with van der Waals surface area (Å²) in [4.78, 5) is 4.67. The number of nitrogens with zero attached hydrogens (tertiary/aromatic N) is 1. The fourth-order valence-corrected chi connectivity index (χ4v) is 2.01. The van der Waals surface area contributed by atoms with Crippen LogP contribution in [0.25, 0.3) is 0 Å². The molecule has 0 aliphatic heterocycles. The highest BCUT2D eigenvalue weighted by atomic mass is 15.2. The van der Waals surface area contributed by atoms with Crippen LogP contribution in [0.15, 0.2) is 48.0 Å². The van der Waals surface area contributed by atoms with Gasteiger partial charge in [0.15, 0.2) is 5.96 Å². The second-order valence-corrected chi connectivity index (χ2v) is 5.69. The van der Waals surface area contributed by atoms with E-state index >= 15 is 0 Å². The fourth-order valence-electron chi connectivity index (χ4n) is 2.01. The molecule has 20 heavy (non-hydrogen) atoms. The molecule has 0 aliphatic rings. The normalized spacial score (nSPS) is 12.1. The monoisotopic (exact) mass is 273 g/mol. The highest BCUT2D eigenvalue weighted by Gasteiger charge is 2.18. The van der Waals surface area contributed by atoms with Gasteiger partial charge in [0.1, 0.15) is 0 Å². The van der Waals surface area contributed by atoms with E-state index in [-0.39, 0.29) is 5.41 Å². The first kappa shape index (κ1) is 16.3. The molecule has 0 saturated heterocycles. The Morgan fingerprint density at radius 3 is 2.55 bits per heavy atom. The predicted molar refractivity (Wildman–Crippen MR) is 88.1 cm³/mol. The van der Waals surface area contributed by atoms with Crippen molar-refractivity contribution in [3.8, 4) is 0 Å². The third kappa shape index (κ3) is 6.41. The molecule has 3 heteroatoms. The molecular weight excluding hydrogens is 246 g/mol. The summed E-state index contributed by atoms with van der Waals surface area (Å²) in [6.07, 6.45) is 2.86. The Balaban J connectivity index is 2.60. The summed E-state index contributed by atoms with van der Waals surface area (Å²) < 4.78 is 0. The number of aliphatic imine (C=N–C) groups is 1. The van der Waals surface area contributed by atoms with Crippen molar-refractivity contribution in [2.45, 2.75) is 27.2 Å². The summed E-state index contributed by atoms with van der Waals surface area (Å²) in [6, 6.07) is 10.6. The van der Waals surface area contributed by atoms with Crippen LogP contribution in [0.4, 0.5) is 0 Å². The van der Waals surface area contributed by atoms with Crippen molar-refractivity contribution in [2.24, 2.45) is 10.4 Å². The minimum atomic E-state index is 0.137. The third-order valence-corrected chi connectivity index (χ3v) is 2.95. The zero-order chi connectivity index (χ0) is 14.8. The summed E-state index contributed by atoms with van der Waals surface area (Å²) >= 11 is 0. The fraction of sp³-hybridized carbons (Fsp3) is 0.471. The number of hydrogen-bond acceptors (Lipinski definition) is 1. The zero-order valence-corrected chi connectivity index (χ0v) is 12.9. The largest absolute Gasteiger partial charge is 0.357 e. The van der Waals surface area contributed by atoms with E-state index in [0.29, 0.717) is 0 Å². The molecular formula is C17H27N3. The average molecular weight is 273 g/mol. The topological polar surface area (TPSA) is 36.4 Å². The van der Waals surface area contributed by atoms with Gasteiger partial charge < -0.3 is 10.6 Å². The summed E-state index contributed by atoms with van der Waals surface area (Å²) in [7, 11) is 0. The number of nitrogens with one attached hydrogen (secondary N) is 2. The summed E-state index contributed by atoms with van der Waals surface area (Å²) in [5, 5.41) is 6.47. The van der Waals surface area contributed by atoms with Crippen LogP contribution in [-0.4, -0.2) is 25.6 Å². The molecule has 0 radical (unpaired) electrons. The standard InChI is InChI=1S/C17H27N3/c1-5-12-19-16(18-6-2)20-14-17(3,4)13-15-10-8-7-9-11-15/h5,7-11H,1,6,12-14H2,2-4H3,(H2,18,19,20). The van der Waals surface area contributed by atoms with Crippen LogP contribution in [0.3, 0.4) is 0 Å². The van der Waals surface area contributed by atoms with Gasteiger partial charge in [-0.25, -0.2) is 0 Å². The molecule has 0 fully saturated rings. The molecule has 0 spiro atoms. The van der Waals surface area contributed by atoms with Gasteiger partial charge in [0, 0.05) is 19.6 Å². The van der Waals surface area contributed by atoms with Crippen LogP contribution in [-0.2, 0) is 6.42 Å². The highest BCUT2D eigenvalue weighted by Crippen LogP contribution is 2.22. The summed E-state index contributed by atoms with van der Waals surface area (Å²) in [5.74, 6) is 0.855. The number of rotatable bonds is 7.